The summed E-state index contributed by atoms with van der Waals surface area (Å²) in [5.74, 6) is -0.278. The Balaban J connectivity index is 1.86. The van der Waals surface area contributed by atoms with Crippen molar-refractivity contribution in [1.82, 2.24) is 15.2 Å². The molecule has 1 N–H and O–H groups in total. The summed E-state index contributed by atoms with van der Waals surface area (Å²) in [5, 5.41) is 2.62. The van der Waals surface area contributed by atoms with Crippen LogP contribution in [0.15, 0.2) is 22.9 Å². The number of nitrogens with zero attached hydrogens (tertiary/aromatic N) is 2. The van der Waals surface area contributed by atoms with Gasteiger partial charge in [-0.25, -0.2) is 4.98 Å². The average Bonchev–Trinajstić information content (AvgIpc) is 2.89. The summed E-state index contributed by atoms with van der Waals surface area (Å²) in [6.45, 7) is 1.66. The van der Waals surface area contributed by atoms with E-state index >= 15 is 0 Å². The highest BCUT2D eigenvalue weighted by molar-refractivity contribution is 9.10. The first-order chi connectivity index (χ1) is 8.66. The maximum Gasteiger partial charge on any atom is 0.251 e. The van der Waals surface area contributed by atoms with Gasteiger partial charge in [0.1, 0.15) is 4.60 Å². The van der Waals surface area contributed by atoms with Crippen molar-refractivity contribution in [3.05, 3.63) is 28.5 Å². The van der Waals surface area contributed by atoms with Gasteiger partial charge in [0.05, 0.1) is 6.54 Å². The molecule has 2 rings (SSSR count). The van der Waals surface area contributed by atoms with Gasteiger partial charge in [0.2, 0.25) is 5.91 Å². The summed E-state index contributed by atoms with van der Waals surface area (Å²) in [6, 6.07) is 3.23. The number of amides is 2. The second kappa shape index (κ2) is 5.95. The largest absolute Gasteiger partial charge is 0.343 e. The Morgan fingerprint density at radius 2 is 2.11 bits per heavy atom. The van der Waals surface area contributed by atoms with Crippen LogP contribution in [-0.2, 0) is 4.79 Å². The Hall–Kier alpha value is -1.43. The quantitative estimate of drug-likeness (QED) is 0.853. The highest BCUT2D eigenvalue weighted by Gasteiger charge is 2.18. The molecule has 96 valence electrons. The number of carbonyl (C=O) groups excluding carboxylic acids is 2. The lowest BCUT2D eigenvalue weighted by Gasteiger charge is -2.15. The van der Waals surface area contributed by atoms with Gasteiger partial charge in [-0.2, -0.15) is 0 Å². The van der Waals surface area contributed by atoms with Crippen LogP contribution in [0.2, 0.25) is 0 Å². The maximum absolute atomic E-state index is 11.8. The number of rotatable bonds is 3. The van der Waals surface area contributed by atoms with Gasteiger partial charge in [-0.1, -0.05) is 0 Å². The van der Waals surface area contributed by atoms with Crippen LogP contribution in [0, 0.1) is 0 Å². The minimum Gasteiger partial charge on any atom is -0.343 e. The Morgan fingerprint density at radius 1 is 1.39 bits per heavy atom. The second-order valence-corrected chi connectivity index (χ2v) is 4.95. The van der Waals surface area contributed by atoms with Gasteiger partial charge in [-0.15, -0.1) is 0 Å². The zero-order valence-corrected chi connectivity index (χ0v) is 11.4. The molecule has 0 aromatic carbocycles. The maximum atomic E-state index is 11.8. The topological polar surface area (TPSA) is 62.3 Å². The van der Waals surface area contributed by atoms with E-state index < -0.39 is 0 Å². The summed E-state index contributed by atoms with van der Waals surface area (Å²) in [5.41, 5.74) is 0.492. The van der Waals surface area contributed by atoms with Crippen molar-refractivity contribution in [3.8, 4) is 0 Å². The highest BCUT2D eigenvalue weighted by Crippen LogP contribution is 2.08. The Bertz CT molecular complexity index is 458. The summed E-state index contributed by atoms with van der Waals surface area (Å²) >= 11 is 3.20. The Kier molecular flexibility index (Phi) is 4.30. The van der Waals surface area contributed by atoms with Crippen molar-refractivity contribution in [1.29, 1.82) is 0 Å². The first-order valence-corrected chi connectivity index (χ1v) is 6.63. The van der Waals surface area contributed by atoms with Gasteiger partial charge < -0.3 is 10.2 Å². The normalized spacial score (nSPS) is 14.6. The molecule has 0 radical (unpaired) electrons. The van der Waals surface area contributed by atoms with E-state index in [2.05, 4.69) is 26.2 Å². The lowest BCUT2D eigenvalue weighted by Crippen LogP contribution is -2.38. The molecule has 1 aromatic rings. The molecular formula is C12H14BrN3O2. The molecule has 0 unspecified atom stereocenters. The molecule has 18 heavy (non-hydrogen) atoms. The lowest BCUT2D eigenvalue weighted by molar-refractivity contribution is -0.129. The van der Waals surface area contributed by atoms with E-state index in [1.165, 1.54) is 0 Å². The fourth-order valence-corrected chi connectivity index (χ4v) is 2.24. The monoisotopic (exact) mass is 311 g/mol. The van der Waals surface area contributed by atoms with Gasteiger partial charge in [-0.05, 0) is 40.9 Å². The molecule has 5 nitrogen and oxygen atoms in total. The van der Waals surface area contributed by atoms with Gasteiger partial charge in [0, 0.05) is 24.8 Å². The fraction of sp³-hybridized carbons (Fsp3) is 0.417. The number of halogens is 1. The van der Waals surface area contributed by atoms with Crippen molar-refractivity contribution >= 4 is 27.7 Å². The van der Waals surface area contributed by atoms with Crippen LogP contribution < -0.4 is 5.32 Å². The molecule has 0 atom stereocenters. The molecule has 6 heteroatoms. The van der Waals surface area contributed by atoms with Crippen LogP contribution in [0.3, 0.4) is 0 Å². The van der Waals surface area contributed by atoms with E-state index in [9.17, 15) is 9.59 Å². The number of hydrogen-bond acceptors (Lipinski definition) is 3. The predicted octanol–water partition coefficient (Wildman–Crippen LogP) is 1.20. The molecule has 1 saturated heterocycles. The van der Waals surface area contributed by atoms with Crippen molar-refractivity contribution in [2.75, 3.05) is 19.6 Å². The summed E-state index contributed by atoms with van der Waals surface area (Å²) in [6.07, 6.45) is 3.65. The van der Waals surface area contributed by atoms with Crippen LogP contribution in [0.4, 0.5) is 0 Å². The average molecular weight is 312 g/mol. The standard InChI is InChI=1S/C12H14BrN3O2/c13-10-7-9(3-4-14-10)12(18)15-8-11(17)16-5-1-2-6-16/h3-4,7H,1-2,5-6,8H2,(H,15,18). The molecule has 0 saturated carbocycles. The third kappa shape index (κ3) is 3.29. The third-order valence-electron chi connectivity index (χ3n) is 2.85. The molecule has 1 aromatic heterocycles. The first kappa shape index (κ1) is 13.0. The van der Waals surface area contributed by atoms with Gasteiger partial charge >= 0.3 is 0 Å². The van der Waals surface area contributed by atoms with Crippen molar-refractivity contribution < 1.29 is 9.59 Å². The SMILES string of the molecule is O=C(NCC(=O)N1CCCC1)c1ccnc(Br)c1. The summed E-state index contributed by atoms with van der Waals surface area (Å²) in [4.78, 5) is 29.2. The minimum atomic E-state index is -0.259. The molecule has 1 aliphatic heterocycles. The molecule has 0 aliphatic carbocycles. The number of nitrogens with one attached hydrogen (secondary N) is 1. The first-order valence-electron chi connectivity index (χ1n) is 5.84. The van der Waals surface area contributed by atoms with Gasteiger partial charge in [0.15, 0.2) is 0 Å². The molecule has 1 aliphatic rings. The molecule has 0 spiro atoms. The van der Waals surface area contributed by atoms with Gasteiger partial charge in [-0.3, -0.25) is 9.59 Å². The Morgan fingerprint density at radius 3 is 2.78 bits per heavy atom. The van der Waals surface area contributed by atoms with Crippen LogP contribution in [0.25, 0.3) is 0 Å². The third-order valence-corrected chi connectivity index (χ3v) is 3.28. The number of likely N-dealkylation sites (tertiary alicyclic amines) is 1. The lowest BCUT2D eigenvalue weighted by atomic mass is 10.2. The van der Waals surface area contributed by atoms with E-state index in [4.69, 9.17) is 0 Å². The smallest absolute Gasteiger partial charge is 0.251 e. The number of pyridine rings is 1. The highest BCUT2D eigenvalue weighted by atomic mass is 79.9. The van der Waals surface area contributed by atoms with E-state index in [0.29, 0.717) is 10.2 Å². The molecule has 1 fully saturated rings. The van der Waals surface area contributed by atoms with Crippen molar-refractivity contribution in [2.24, 2.45) is 0 Å². The van der Waals surface area contributed by atoms with E-state index in [0.717, 1.165) is 25.9 Å². The van der Waals surface area contributed by atoms with Crippen LogP contribution >= 0.6 is 15.9 Å². The van der Waals surface area contributed by atoms with Crippen LogP contribution in [-0.4, -0.2) is 41.3 Å². The fourth-order valence-electron chi connectivity index (χ4n) is 1.88. The summed E-state index contributed by atoms with van der Waals surface area (Å²) in [7, 11) is 0. The van der Waals surface area contributed by atoms with E-state index in [1.807, 2.05) is 0 Å². The minimum absolute atomic E-state index is 0.0195. The molecular weight excluding hydrogens is 298 g/mol. The number of hydrogen-bond donors (Lipinski definition) is 1. The molecule has 2 amide bonds. The Labute approximate surface area is 114 Å². The van der Waals surface area contributed by atoms with Crippen LogP contribution in [0.1, 0.15) is 23.2 Å². The summed E-state index contributed by atoms with van der Waals surface area (Å²) < 4.78 is 0.598. The molecule has 0 bridgehead atoms. The van der Waals surface area contributed by atoms with Crippen LogP contribution in [0.5, 0.6) is 0 Å². The second-order valence-electron chi connectivity index (χ2n) is 4.14. The number of carbonyl (C=O) groups is 2. The predicted molar refractivity (Wildman–Crippen MR) is 70.1 cm³/mol. The molecule has 2 heterocycles. The van der Waals surface area contributed by atoms with Gasteiger partial charge in [0.25, 0.3) is 5.91 Å². The van der Waals surface area contributed by atoms with Crippen molar-refractivity contribution in [3.63, 3.8) is 0 Å². The van der Waals surface area contributed by atoms with E-state index in [-0.39, 0.29) is 18.4 Å². The van der Waals surface area contributed by atoms with E-state index in [1.54, 1.807) is 23.2 Å². The number of aromatic nitrogens is 1. The van der Waals surface area contributed by atoms with Crippen molar-refractivity contribution in [2.45, 2.75) is 12.8 Å². The zero-order valence-electron chi connectivity index (χ0n) is 9.86. The zero-order chi connectivity index (χ0) is 13.0.